The van der Waals surface area contributed by atoms with Gasteiger partial charge in [0.05, 0.1) is 7.11 Å². The smallest absolute Gasteiger partial charge is 0.305 e. The van der Waals surface area contributed by atoms with E-state index >= 15 is 0 Å². The average Bonchev–Trinajstić information content (AvgIpc) is 2.51. The molecule has 0 bridgehead atoms. The lowest BCUT2D eigenvalue weighted by Gasteiger charge is -2.31. The molecule has 2 nitrogen and oxygen atoms in total. The van der Waals surface area contributed by atoms with E-state index in [1.54, 1.807) is 0 Å². The monoisotopic (exact) mass is 296 g/mol. The van der Waals surface area contributed by atoms with Crippen molar-refractivity contribution >= 4 is 5.97 Å². The van der Waals surface area contributed by atoms with Crippen LogP contribution in [0, 0.1) is 11.8 Å². The third-order valence-electron chi connectivity index (χ3n) is 5.18. The molecule has 124 valence electrons. The molecule has 21 heavy (non-hydrogen) atoms. The van der Waals surface area contributed by atoms with Crippen molar-refractivity contribution in [2.24, 2.45) is 11.8 Å². The van der Waals surface area contributed by atoms with E-state index in [1.807, 2.05) is 0 Å². The number of methoxy groups -OCH3 is 1. The van der Waals surface area contributed by atoms with E-state index in [9.17, 15) is 4.79 Å². The molecule has 1 saturated carbocycles. The number of carbonyl (C=O) groups is 1. The molecular weight excluding hydrogens is 260 g/mol. The largest absolute Gasteiger partial charge is 0.469 e. The Hall–Kier alpha value is -0.530. The van der Waals surface area contributed by atoms with Crippen LogP contribution in [0.5, 0.6) is 0 Å². The van der Waals surface area contributed by atoms with Gasteiger partial charge in [-0.25, -0.2) is 0 Å². The summed E-state index contributed by atoms with van der Waals surface area (Å²) in [5.74, 6) is 1.76. The predicted molar refractivity (Wildman–Crippen MR) is 89.3 cm³/mol. The lowest BCUT2D eigenvalue weighted by atomic mass is 9.74. The highest BCUT2D eigenvalue weighted by Crippen LogP contribution is 2.36. The molecule has 1 aliphatic carbocycles. The summed E-state index contributed by atoms with van der Waals surface area (Å²) in [6, 6.07) is 0. The lowest BCUT2D eigenvalue weighted by Crippen LogP contribution is -2.20. The second-order valence-electron chi connectivity index (χ2n) is 6.83. The Balaban J connectivity index is 2.15. The topological polar surface area (TPSA) is 26.3 Å². The fourth-order valence-corrected chi connectivity index (χ4v) is 3.84. The van der Waals surface area contributed by atoms with Gasteiger partial charge in [-0.3, -0.25) is 4.79 Å². The number of ether oxygens (including phenoxy) is 1. The Labute approximate surface area is 132 Å². The zero-order valence-electron chi connectivity index (χ0n) is 14.4. The Morgan fingerprint density at radius 1 is 0.905 bits per heavy atom. The SMILES string of the molecule is CCCCCCCCC1CCCCC1CCCC(=O)OC. The van der Waals surface area contributed by atoms with Crippen LogP contribution in [0.25, 0.3) is 0 Å². The van der Waals surface area contributed by atoms with Gasteiger partial charge >= 0.3 is 5.97 Å². The van der Waals surface area contributed by atoms with Crippen LogP contribution >= 0.6 is 0 Å². The van der Waals surface area contributed by atoms with Crippen molar-refractivity contribution in [3.05, 3.63) is 0 Å². The summed E-state index contributed by atoms with van der Waals surface area (Å²) in [6.07, 6.45) is 18.4. The molecule has 0 aliphatic heterocycles. The van der Waals surface area contributed by atoms with E-state index < -0.39 is 0 Å². The minimum Gasteiger partial charge on any atom is -0.469 e. The van der Waals surface area contributed by atoms with E-state index in [4.69, 9.17) is 4.74 Å². The molecule has 0 amide bonds. The molecule has 0 N–H and O–H groups in total. The quantitative estimate of drug-likeness (QED) is 0.351. The summed E-state index contributed by atoms with van der Waals surface area (Å²) in [5, 5.41) is 0. The van der Waals surface area contributed by atoms with Crippen molar-refractivity contribution in [2.45, 2.75) is 96.8 Å². The van der Waals surface area contributed by atoms with Gasteiger partial charge in [0.2, 0.25) is 0 Å². The van der Waals surface area contributed by atoms with E-state index in [0.717, 1.165) is 18.3 Å². The maximum absolute atomic E-state index is 11.2. The van der Waals surface area contributed by atoms with Crippen molar-refractivity contribution in [3.63, 3.8) is 0 Å². The maximum atomic E-state index is 11.2. The fraction of sp³-hybridized carbons (Fsp3) is 0.947. The number of carbonyl (C=O) groups excluding carboxylic acids is 1. The van der Waals surface area contributed by atoms with Crippen LogP contribution in [0.1, 0.15) is 96.8 Å². The second kappa shape index (κ2) is 12.1. The molecule has 0 saturated heterocycles. The third kappa shape index (κ3) is 8.48. The Morgan fingerprint density at radius 2 is 1.48 bits per heavy atom. The van der Waals surface area contributed by atoms with E-state index in [-0.39, 0.29) is 5.97 Å². The zero-order chi connectivity index (χ0) is 15.3. The first kappa shape index (κ1) is 18.5. The number of rotatable bonds is 11. The van der Waals surface area contributed by atoms with Crippen LogP contribution in [-0.2, 0) is 9.53 Å². The van der Waals surface area contributed by atoms with Gasteiger partial charge in [-0.1, -0.05) is 77.6 Å². The standard InChI is InChI=1S/C19H36O2/c1-3-4-5-6-7-8-12-17-13-9-10-14-18(17)15-11-16-19(20)21-2/h17-18H,3-16H2,1-2H3. The number of unbranched alkanes of at least 4 members (excludes halogenated alkanes) is 5. The van der Waals surface area contributed by atoms with Crippen LogP contribution in [0.4, 0.5) is 0 Å². The number of esters is 1. The highest BCUT2D eigenvalue weighted by Gasteiger charge is 2.24. The molecule has 1 rings (SSSR count). The lowest BCUT2D eigenvalue weighted by molar-refractivity contribution is -0.140. The summed E-state index contributed by atoms with van der Waals surface area (Å²) in [7, 11) is 1.49. The van der Waals surface area contributed by atoms with Crippen LogP contribution in [0.3, 0.4) is 0 Å². The molecule has 0 spiro atoms. The first-order valence-corrected chi connectivity index (χ1v) is 9.34. The minimum absolute atomic E-state index is 0.0433. The maximum Gasteiger partial charge on any atom is 0.305 e. The van der Waals surface area contributed by atoms with Gasteiger partial charge in [0, 0.05) is 6.42 Å². The van der Waals surface area contributed by atoms with E-state index in [0.29, 0.717) is 6.42 Å². The second-order valence-corrected chi connectivity index (χ2v) is 6.83. The highest BCUT2D eigenvalue weighted by molar-refractivity contribution is 5.68. The predicted octanol–water partition coefficient (Wildman–Crippen LogP) is 5.89. The van der Waals surface area contributed by atoms with E-state index in [2.05, 4.69) is 6.92 Å². The summed E-state index contributed by atoms with van der Waals surface area (Å²) in [5.41, 5.74) is 0. The minimum atomic E-state index is -0.0433. The van der Waals surface area contributed by atoms with Crippen LogP contribution in [0.2, 0.25) is 0 Å². The number of hydrogen-bond acceptors (Lipinski definition) is 2. The Morgan fingerprint density at radius 3 is 2.10 bits per heavy atom. The molecule has 0 aromatic carbocycles. The van der Waals surface area contributed by atoms with Gasteiger partial charge in [0.1, 0.15) is 0 Å². The van der Waals surface area contributed by atoms with Gasteiger partial charge in [-0.15, -0.1) is 0 Å². The van der Waals surface area contributed by atoms with Gasteiger partial charge < -0.3 is 4.74 Å². The normalized spacial score (nSPS) is 22.2. The molecule has 0 radical (unpaired) electrons. The summed E-state index contributed by atoms with van der Waals surface area (Å²) in [6.45, 7) is 2.28. The molecular formula is C19H36O2. The number of hydrogen-bond donors (Lipinski definition) is 0. The molecule has 2 unspecified atom stereocenters. The molecule has 2 atom stereocenters. The van der Waals surface area contributed by atoms with Gasteiger partial charge in [-0.2, -0.15) is 0 Å². The van der Waals surface area contributed by atoms with Gasteiger partial charge in [-0.05, 0) is 24.7 Å². The molecule has 1 fully saturated rings. The summed E-state index contributed by atoms with van der Waals surface area (Å²) in [4.78, 5) is 11.2. The van der Waals surface area contributed by atoms with Gasteiger partial charge in [0.25, 0.3) is 0 Å². The Bertz CT molecular complexity index is 262. The van der Waals surface area contributed by atoms with Crippen molar-refractivity contribution in [1.29, 1.82) is 0 Å². The first-order valence-electron chi connectivity index (χ1n) is 9.34. The fourth-order valence-electron chi connectivity index (χ4n) is 3.84. The summed E-state index contributed by atoms with van der Waals surface area (Å²) >= 11 is 0. The highest BCUT2D eigenvalue weighted by atomic mass is 16.5. The molecule has 2 heteroatoms. The average molecular weight is 296 g/mol. The van der Waals surface area contributed by atoms with E-state index in [1.165, 1.54) is 84.2 Å². The van der Waals surface area contributed by atoms with Crippen LogP contribution in [0.15, 0.2) is 0 Å². The molecule has 0 aromatic rings. The Kier molecular flexibility index (Phi) is 10.6. The van der Waals surface area contributed by atoms with Crippen molar-refractivity contribution in [2.75, 3.05) is 7.11 Å². The first-order chi connectivity index (χ1) is 10.3. The summed E-state index contributed by atoms with van der Waals surface area (Å²) < 4.78 is 4.74. The molecule has 0 aromatic heterocycles. The van der Waals surface area contributed by atoms with Gasteiger partial charge in [0.15, 0.2) is 0 Å². The molecule has 0 heterocycles. The van der Waals surface area contributed by atoms with Crippen molar-refractivity contribution < 1.29 is 9.53 Å². The third-order valence-corrected chi connectivity index (χ3v) is 5.18. The van der Waals surface area contributed by atoms with Crippen LogP contribution in [-0.4, -0.2) is 13.1 Å². The van der Waals surface area contributed by atoms with Crippen molar-refractivity contribution in [3.8, 4) is 0 Å². The van der Waals surface area contributed by atoms with Crippen molar-refractivity contribution in [1.82, 2.24) is 0 Å². The van der Waals surface area contributed by atoms with Crippen LogP contribution < -0.4 is 0 Å². The zero-order valence-corrected chi connectivity index (χ0v) is 14.4. The molecule has 1 aliphatic rings.